The quantitative estimate of drug-likeness (QED) is 0.0129. The molecule has 0 spiro atoms. The summed E-state index contributed by atoms with van der Waals surface area (Å²) in [5.41, 5.74) is 4.53. The maximum absolute atomic E-state index is 9.21. The zero-order valence-corrected chi connectivity index (χ0v) is 41.9. The van der Waals surface area contributed by atoms with Gasteiger partial charge in [-0.2, -0.15) is 9.94 Å². The van der Waals surface area contributed by atoms with Crippen LogP contribution in [0.2, 0.25) is 0 Å². The second-order valence-electron chi connectivity index (χ2n) is 17.0. The molecule has 0 heterocycles. The molecule has 0 saturated heterocycles. The molecule has 0 fully saturated rings. The Labute approximate surface area is 417 Å². The van der Waals surface area contributed by atoms with Gasteiger partial charge in [-0.15, -0.1) is 0 Å². The van der Waals surface area contributed by atoms with E-state index >= 15 is 0 Å². The van der Waals surface area contributed by atoms with Gasteiger partial charge < -0.3 is 32.9 Å². The van der Waals surface area contributed by atoms with Crippen LogP contribution >= 0.6 is 8.53 Å². The number of rotatable bonds is 33. The summed E-state index contributed by atoms with van der Waals surface area (Å²) in [6, 6.07) is 64.1. The number of nitrogens with zero attached hydrogens (tertiary/aromatic N) is 2. The van der Waals surface area contributed by atoms with E-state index in [-0.39, 0.29) is 38.3 Å². The molecule has 12 heteroatoms. The molecular weight excluding hydrogens is 900 g/mol. The van der Waals surface area contributed by atoms with E-state index < -0.39 is 25.8 Å². The number of ether oxygens (including phenoxy) is 6. The van der Waals surface area contributed by atoms with Crippen LogP contribution in [0, 0.1) is 11.3 Å². The number of hydrogen-bond acceptors (Lipinski definition) is 11. The molecule has 1 atom stereocenters. The molecule has 0 aliphatic heterocycles. The molecule has 0 bridgehead atoms. The minimum Gasteiger partial charge on any atom is -0.377 e. The molecule has 0 N–H and O–H groups in total. The topological polar surface area (TPSA) is 110 Å². The van der Waals surface area contributed by atoms with Gasteiger partial charge in [0.25, 0.3) is 8.53 Å². The second-order valence-corrected chi connectivity index (χ2v) is 18.3. The lowest BCUT2D eigenvalue weighted by molar-refractivity contribution is -0.271. The molecule has 11 nitrogen and oxygen atoms in total. The van der Waals surface area contributed by atoms with E-state index in [9.17, 15) is 5.26 Å². The van der Waals surface area contributed by atoms with Gasteiger partial charge in [0.15, 0.2) is 0 Å². The molecular formula is C58H69N2O9P. The van der Waals surface area contributed by atoms with Crippen molar-refractivity contribution in [3.63, 3.8) is 0 Å². The summed E-state index contributed by atoms with van der Waals surface area (Å²) in [5.74, 6) is 0. The van der Waals surface area contributed by atoms with Crippen molar-refractivity contribution in [2.45, 2.75) is 63.5 Å². The second kappa shape index (κ2) is 29.9. The van der Waals surface area contributed by atoms with Crippen LogP contribution < -0.4 is 0 Å². The highest BCUT2D eigenvalue weighted by molar-refractivity contribution is 7.44. The highest BCUT2D eigenvalue weighted by atomic mass is 31.2. The third-order valence-corrected chi connectivity index (χ3v) is 13.3. The van der Waals surface area contributed by atoms with Gasteiger partial charge in [0.1, 0.15) is 17.3 Å². The monoisotopic (exact) mass is 968 g/mol. The molecule has 0 amide bonds. The van der Waals surface area contributed by atoms with Gasteiger partial charge in [0.2, 0.25) is 0 Å². The minimum atomic E-state index is -1.65. The van der Waals surface area contributed by atoms with Crippen molar-refractivity contribution in [2.24, 2.45) is 0 Å². The normalized spacial score (nSPS) is 12.5. The summed E-state index contributed by atoms with van der Waals surface area (Å²) < 4.78 is 52.3. The van der Waals surface area contributed by atoms with E-state index in [1.54, 1.807) is 0 Å². The van der Waals surface area contributed by atoms with Crippen LogP contribution in [-0.4, -0.2) is 95.5 Å². The van der Waals surface area contributed by atoms with E-state index in [0.717, 1.165) is 33.4 Å². The Balaban J connectivity index is 1.02. The molecule has 0 aromatic heterocycles. The van der Waals surface area contributed by atoms with Crippen molar-refractivity contribution in [3.8, 4) is 6.07 Å². The fourth-order valence-corrected chi connectivity index (χ4v) is 9.84. The first-order valence-corrected chi connectivity index (χ1v) is 25.4. The van der Waals surface area contributed by atoms with Crippen molar-refractivity contribution >= 4 is 8.53 Å². The summed E-state index contributed by atoms with van der Waals surface area (Å²) in [7, 11) is -1.65. The Morgan fingerprint density at radius 3 is 1.03 bits per heavy atom. The van der Waals surface area contributed by atoms with Crippen molar-refractivity contribution in [1.29, 1.82) is 5.26 Å². The van der Waals surface area contributed by atoms with Crippen molar-refractivity contribution in [1.82, 2.24) is 4.67 Å². The Kier molecular flexibility index (Phi) is 23.1. The SMILES string of the molecule is CC(C)N(C(C)C)P(OCCC#N)OOC(COCCOCCOC(c1ccccc1)(c1ccccc1)c1ccccc1)COCCOCCOC(c1ccccc1)(c1ccccc1)c1ccccc1. The maximum atomic E-state index is 9.21. The molecule has 370 valence electrons. The number of benzene rings is 6. The first-order valence-electron chi connectivity index (χ1n) is 24.2. The van der Waals surface area contributed by atoms with E-state index in [4.69, 9.17) is 42.5 Å². The molecule has 6 aromatic rings. The van der Waals surface area contributed by atoms with E-state index in [1.165, 1.54) is 0 Å². The third kappa shape index (κ3) is 15.4. The molecule has 1 unspecified atom stereocenters. The molecule has 70 heavy (non-hydrogen) atoms. The molecule has 0 aliphatic rings. The lowest BCUT2D eigenvalue weighted by atomic mass is 9.80. The van der Waals surface area contributed by atoms with Crippen LogP contribution in [0.1, 0.15) is 67.5 Å². The average Bonchev–Trinajstić information content (AvgIpc) is 3.40. The van der Waals surface area contributed by atoms with Crippen molar-refractivity contribution in [3.05, 3.63) is 215 Å². The molecule has 6 rings (SSSR count). The lowest BCUT2D eigenvalue weighted by Crippen LogP contribution is -2.35. The highest BCUT2D eigenvalue weighted by Gasteiger charge is 2.39. The predicted molar refractivity (Wildman–Crippen MR) is 275 cm³/mol. The Morgan fingerprint density at radius 2 is 0.729 bits per heavy atom. The Morgan fingerprint density at radius 1 is 0.429 bits per heavy atom. The summed E-state index contributed by atoms with van der Waals surface area (Å²) in [5, 5.41) is 9.21. The third-order valence-electron chi connectivity index (χ3n) is 11.4. The van der Waals surface area contributed by atoms with Crippen LogP contribution in [0.15, 0.2) is 182 Å². The van der Waals surface area contributed by atoms with Gasteiger partial charge in [-0.1, -0.05) is 182 Å². The van der Waals surface area contributed by atoms with Gasteiger partial charge in [-0.3, -0.25) is 0 Å². The van der Waals surface area contributed by atoms with E-state index in [2.05, 4.69) is 111 Å². The van der Waals surface area contributed by atoms with Crippen molar-refractivity contribution < 1.29 is 42.5 Å². The van der Waals surface area contributed by atoms with Gasteiger partial charge in [-0.05, 0) is 61.1 Å². The Hall–Kier alpha value is -5.16. The average molecular weight is 969 g/mol. The standard InChI is InChI=1S/C58H69N2O9P/c1-48(2)60(49(3)4)70(67-37-23-36-59)69-68-56(46-63-40-38-61-42-44-65-57(50-24-11-5-12-25-50,51-26-13-6-14-27-51)52-28-15-7-16-29-52)47-64-41-39-62-43-45-66-58(53-30-17-8-18-31-53,54-32-19-9-20-33-54)55-34-21-10-22-35-55/h5-22,24-35,48-49,56H,23,37-47H2,1-4H3. The largest absolute Gasteiger partial charge is 0.377 e. The van der Waals surface area contributed by atoms with Gasteiger partial charge in [0.05, 0.1) is 85.2 Å². The molecule has 0 aliphatic carbocycles. The number of hydrogen-bond donors (Lipinski definition) is 0. The van der Waals surface area contributed by atoms with Gasteiger partial charge in [-0.25, -0.2) is 9.56 Å². The van der Waals surface area contributed by atoms with Gasteiger partial charge in [0, 0.05) is 12.1 Å². The highest BCUT2D eigenvalue weighted by Crippen LogP contribution is 2.47. The Bertz CT molecular complexity index is 1980. The zero-order chi connectivity index (χ0) is 49.1. The maximum Gasteiger partial charge on any atom is 0.292 e. The fraction of sp³-hybridized carbons (Fsp3) is 0.362. The van der Waals surface area contributed by atoms with Crippen LogP contribution in [-0.2, 0) is 53.7 Å². The fourth-order valence-electron chi connectivity index (χ4n) is 8.38. The molecule has 0 radical (unpaired) electrons. The van der Waals surface area contributed by atoms with Crippen LogP contribution in [0.5, 0.6) is 0 Å². The lowest BCUT2D eigenvalue weighted by Gasteiger charge is -2.36. The van der Waals surface area contributed by atoms with Crippen LogP contribution in [0.3, 0.4) is 0 Å². The smallest absolute Gasteiger partial charge is 0.292 e. The summed E-state index contributed by atoms with van der Waals surface area (Å²) in [4.78, 5) is 6.04. The number of nitriles is 1. The summed E-state index contributed by atoms with van der Waals surface area (Å²) in [6.07, 6.45) is -0.376. The predicted octanol–water partition coefficient (Wildman–Crippen LogP) is 11.7. The first kappa shape index (κ1) is 54.2. The van der Waals surface area contributed by atoms with Crippen molar-refractivity contribution in [2.75, 3.05) is 72.7 Å². The van der Waals surface area contributed by atoms with E-state index in [0.29, 0.717) is 52.9 Å². The van der Waals surface area contributed by atoms with Crippen LogP contribution in [0.4, 0.5) is 0 Å². The summed E-state index contributed by atoms with van der Waals surface area (Å²) in [6.45, 7) is 11.5. The minimum absolute atomic E-state index is 0.0986. The van der Waals surface area contributed by atoms with Gasteiger partial charge >= 0.3 is 0 Å². The zero-order valence-electron chi connectivity index (χ0n) is 41.1. The molecule has 0 saturated carbocycles. The molecule has 6 aromatic carbocycles. The van der Waals surface area contributed by atoms with Crippen LogP contribution in [0.25, 0.3) is 0 Å². The van der Waals surface area contributed by atoms with E-state index in [1.807, 2.05) is 109 Å². The first-order chi connectivity index (χ1) is 34.4. The summed E-state index contributed by atoms with van der Waals surface area (Å²) >= 11 is 0.